The average molecular weight is 278 g/mol. The molecule has 0 bridgehead atoms. The first-order valence-corrected chi connectivity index (χ1v) is 6.92. The van der Waals surface area contributed by atoms with Crippen LogP contribution in [0.1, 0.15) is 5.56 Å². The molecule has 108 valence electrons. The van der Waals surface area contributed by atoms with Crippen molar-refractivity contribution in [3.63, 3.8) is 0 Å². The summed E-state index contributed by atoms with van der Waals surface area (Å²) in [5.41, 5.74) is 1.62. The Morgan fingerprint density at radius 1 is 1.45 bits per heavy atom. The van der Waals surface area contributed by atoms with Crippen LogP contribution in [-0.4, -0.2) is 50.2 Å². The number of nitrogens with one attached hydrogen (secondary N) is 2. The van der Waals surface area contributed by atoms with E-state index in [2.05, 4.69) is 15.5 Å². The van der Waals surface area contributed by atoms with E-state index in [0.717, 1.165) is 18.8 Å². The van der Waals surface area contributed by atoms with Gasteiger partial charge in [0.25, 0.3) is 0 Å². The number of halogens is 1. The summed E-state index contributed by atoms with van der Waals surface area (Å²) in [5.74, 6) is -0.181. The molecule has 6 heteroatoms. The van der Waals surface area contributed by atoms with Gasteiger partial charge in [-0.25, -0.2) is 9.18 Å². The van der Waals surface area contributed by atoms with Gasteiger partial charge in [-0.1, -0.05) is 6.07 Å². The van der Waals surface area contributed by atoms with Gasteiger partial charge in [0.1, 0.15) is 5.82 Å². The summed E-state index contributed by atoms with van der Waals surface area (Å²) < 4.78 is 14.0. The topological polar surface area (TPSA) is 47.6 Å². The lowest BCUT2D eigenvalue weighted by Crippen LogP contribution is -2.52. The molecule has 1 unspecified atom stereocenters. The van der Waals surface area contributed by atoms with E-state index in [0.29, 0.717) is 25.2 Å². The zero-order valence-corrected chi connectivity index (χ0v) is 11.5. The lowest BCUT2D eigenvalue weighted by atomic mass is 10.1. The minimum absolute atomic E-state index is 0.0179. The van der Waals surface area contributed by atoms with Gasteiger partial charge in [0, 0.05) is 44.0 Å². The van der Waals surface area contributed by atoms with Crippen LogP contribution in [0.25, 0.3) is 0 Å². The molecule has 0 saturated carbocycles. The number of amides is 2. The first-order chi connectivity index (χ1) is 9.70. The molecule has 1 aromatic rings. The lowest BCUT2D eigenvalue weighted by Gasteiger charge is -2.38. The fraction of sp³-hybridized carbons (Fsp3) is 0.500. The highest BCUT2D eigenvalue weighted by Gasteiger charge is 2.35. The maximum atomic E-state index is 14.0. The quantitative estimate of drug-likeness (QED) is 0.858. The summed E-state index contributed by atoms with van der Waals surface area (Å²) in [5, 5.41) is 5.87. The number of hydrogen-bond donors (Lipinski definition) is 2. The van der Waals surface area contributed by atoms with Crippen molar-refractivity contribution in [2.75, 3.05) is 38.1 Å². The van der Waals surface area contributed by atoms with Crippen molar-refractivity contribution in [1.82, 2.24) is 15.5 Å². The number of rotatable bonds is 3. The fourth-order valence-corrected chi connectivity index (χ4v) is 3.02. The molecule has 2 aliphatic heterocycles. The molecule has 2 amide bonds. The third kappa shape index (κ3) is 2.20. The Kier molecular flexibility index (Phi) is 3.48. The summed E-state index contributed by atoms with van der Waals surface area (Å²) in [7, 11) is 1.81. The van der Waals surface area contributed by atoms with E-state index in [-0.39, 0.29) is 17.9 Å². The molecule has 1 atom stereocenters. The average Bonchev–Trinajstić information content (AvgIpc) is 2.82. The smallest absolute Gasteiger partial charge is 0.317 e. The molecule has 0 aromatic heterocycles. The van der Waals surface area contributed by atoms with Gasteiger partial charge in [-0.2, -0.15) is 0 Å². The van der Waals surface area contributed by atoms with Crippen molar-refractivity contribution in [2.45, 2.75) is 12.6 Å². The highest BCUT2D eigenvalue weighted by molar-refractivity contribution is 5.77. The number of piperazine rings is 1. The number of benzene rings is 1. The molecule has 2 saturated heterocycles. The predicted octanol–water partition coefficient (Wildman–Crippen LogP) is 0.759. The standard InChI is InChI=1S/C14H19FN4O/c1-16-8-11-12(15)3-2-4-13(11)18-5-6-19-10(9-18)7-17-14(19)20/h2-4,10,16H,5-9H2,1H3,(H,17,20). The summed E-state index contributed by atoms with van der Waals surface area (Å²) in [6.45, 7) is 3.35. The summed E-state index contributed by atoms with van der Waals surface area (Å²) in [6, 6.07) is 5.39. The van der Waals surface area contributed by atoms with Crippen LogP contribution in [0.5, 0.6) is 0 Å². The molecular weight excluding hydrogens is 259 g/mol. The highest BCUT2D eigenvalue weighted by atomic mass is 19.1. The van der Waals surface area contributed by atoms with Crippen LogP contribution in [0.15, 0.2) is 18.2 Å². The molecule has 20 heavy (non-hydrogen) atoms. The zero-order chi connectivity index (χ0) is 14.1. The van der Waals surface area contributed by atoms with Crippen molar-refractivity contribution < 1.29 is 9.18 Å². The van der Waals surface area contributed by atoms with Crippen LogP contribution in [0, 0.1) is 5.82 Å². The maximum Gasteiger partial charge on any atom is 0.317 e. The van der Waals surface area contributed by atoms with Crippen LogP contribution < -0.4 is 15.5 Å². The third-order valence-electron chi connectivity index (χ3n) is 4.02. The number of urea groups is 1. The predicted molar refractivity (Wildman–Crippen MR) is 75.3 cm³/mol. The monoisotopic (exact) mass is 278 g/mol. The van der Waals surface area contributed by atoms with Crippen molar-refractivity contribution in [1.29, 1.82) is 0 Å². The molecular formula is C14H19FN4O. The van der Waals surface area contributed by atoms with E-state index < -0.39 is 0 Å². The number of nitrogens with zero attached hydrogens (tertiary/aromatic N) is 2. The molecule has 2 aliphatic rings. The van der Waals surface area contributed by atoms with Crippen LogP contribution in [0.4, 0.5) is 14.9 Å². The Labute approximate surface area is 117 Å². The second kappa shape index (κ2) is 5.28. The van der Waals surface area contributed by atoms with Gasteiger partial charge in [0.2, 0.25) is 0 Å². The summed E-state index contributed by atoms with van der Waals surface area (Å²) in [6.07, 6.45) is 0. The molecule has 0 radical (unpaired) electrons. The highest BCUT2D eigenvalue weighted by Crippen LogP contribution is 2.26. The second-order valence-corrected chi connectivity index (χ2v) is 5.25. The molecule has 3 rings (SSSR count). The molecule has 2 heterocycles. The Morgan fingerprint density at radius 3 is 3.10 bits per heavy atom. The second-order valence-electron chi connectivity index (χ2n) is 5.25. The number of anilines is 1. The van der Waals surface area contributed by atoms with Crippen LogP contribution in [-0.2, 0) is 6.54 Å². The normalized spacial score (nSPS) is 21.9. The van der Waals surface area contributed by atoms with Crippen LogP contribution >= 0.6 is 0 Å². The zero-order valence-electron chi connectivity index (χ0n) is 11.5. The van der Waals surface area contributed by atoms with Gasteiger partial charge in [0.15, 0.2) is 0 Å². The number of fused-ring (bicyclic) bond motifs is 1. The van der Waals surface area contributed by atoms with Crippen molar-refractivity contribution in [3.05, 3.63) is 29.6 Å². The van der Waals surface area contributed by atoms with E-state index in [1.165, 1.54) is 6.07 Å². The lowest BCUT2D eigenvalue weighted by molar-refractivity contribution is 0.197. The maximum absolute atomic E-state index is 14.0. The van der Waals surface area contributed by atoms with E-state index in [1.54, 1.807) is 6.07 Å². The summed E-state index contributed by atoms with van der Waals surface area (Å²) >= 11 is 0. The van der Waals surface area contributed by atoms with E-state index in [1.807, 2.05) is 18.0 Å². The molecule has 2 N–H and O–H groups in total. The third-order valence-corrected chi connectivity index (χ3v) is 4.02. The van der Waals surface area contributed by atoms with Gasteiger partial charge < -0.3 is 20.4 Å². The minimum Gasteiger partial charge on any atom is -0.367 e. The van der Waals surface area contributed by atoms with Gasteiger partial charge >= 0.3 is 6.03 Å². The van der Waals surface area contributed by atoms with Crippen LogP contribution in [0.2, 0.25) is 0 Å². The molecule has 0 spiro atoms. The van der Waals surface area contributed by atoms with E-state index in [9.17, 15) is 9.18 Å². The van der Waals surface area contributed by atoms with Gasteiger partial charge in [-0.05, 0) is 19.2 Å². The molecule has 0 aliphatic carbocycles. The van der Waals surface area contributed by atoms with E-state index in [4.69, 9.17) is 0 Å². The largest absolute Gasteiger partial charge is 0.367 e. The van der Waals surface area contributed by atoms with Crippen molar-refractivity contribution >= 4 is 11.7 Å². The Balaban J connectivity index is 1.83. The van der Waals surface area contributed by atoms with E-state index >= 15 is 0 Å². The van der Waals surface area contributed by atoms with Gasteiger partial charge in [0.05, 0.1) is 6.04 Å². The first kappa shape index (κ1) is 13.2. The molecule has 5 nitrogen and oxygen atoms in total. The Morgan fingerprint density at radius 2 is 2.30 bits per heavy atom. The van der Waals surface area contributed by atoms with Crippen molar-refractivity contribution in [2.24, 2.45) is 0 Å². The fourth-order valence-electron chi connectivity index (χ4n) is 3.02. The minimum atomic E-state index is -0.181. The van der Waals surface area contributed by atoms with Crippen LogP contribution in [0.3, 0.4) is 0 Å². The SMILES string of the molecule is CNCc1c(F)cccc1N1CCN2C(=O)NCC2C1. The number of carbonyl (C=O) groups excluding carboxylic acids is 1. The summed E-state index contributed by atoms with van der Waals surface area (Å²) in [4.78, 5) is 15.6. The van der Waals surface area contributed by atoms with Crippen molar-refractivity contribution in [3.8, 4) is 0 Å². The first-order valence-electron chi connectivity index (χ1n) is 6.92. The Bertz CT molecular complexity index is 522. The number of hydrogen-bond acceptors (Lipinski definition) is 3. The Hall–Kier alpha value is -1.82. The number of carbonyl (C=O) groups is 1. The van der Waals surface area contributed by atoms with Gasteiger partial charge in [-0.15, -0.1) is 0 Å². The molecule has 2 fully saturated rings. The van der Waals surface area contributed by atoms with Gasteiger partial charge in [-0.3, -0.25) is 0 Å². The molecule has 1 aromatic carbocycles.